The van der Waals surface area contributed by atoms with E-state index in [1.807, 2.05) is 6.92 Å². The fraction of sp³-hybridized carbons (Fsp3) is 0.100. The third-order valence-electron chi connectivity index (χ3n) is 3.95. The molecule has 8 heteroatoms. The smallest absolute Gasteiger partial charge is 0.291 e. The number of aryl methyl sites for hydroxylation is 1. The van der Waals surface area contributed by atoms with Crippen LogP contribution < -0.4 is 10.1 Å². The lowest BCUT2D eigenvalue weighted by Crippen LogP contribution is -2.20. The van der Waals surface area contributed by atoms with Crippen molar-refractivity contribution in [1.29, 1.82) is 0 Å². The van der Waals surface area contributed by atoms with Crippen molar-refractivity contribution in [1.82, 2.24) is 4.83 Å². The molecule has 2 N–H and O–H groups in total. The summed E-state index contributed by atoms with van der Waals surface area (Å²) in [5, 5.41) is 6.70. The molecule has 0 aliphatic rings. The predicted octanol–water partition coefficient (Wildman–Crippen LogP) is 3.54. The highest BCUT2D eigenvalue weighted by Crippen LogP contribution is 2.14. The molecule has 1 aromatic heterocycles. The molecule has 0 saturated carbocycles. The van der Waals surface area contributed by atoms with Crippen LogP contribution in [0.2, 0.25) is 0 Å². The van der Waals surface area contributed by atoms with Gasteiger partial charge in [-0.25, -0.2) is 0 Å². The summed E-state index contributed by atoms with van der Waals surface area (Å²) < 4.78 is 29.7. The minimum atomic E-state index is -3.76. The SMILES string of the molecule is CC(=NNS(=O)(=O)c1ccc(C)cc1)c1cccc(NC(=O)c2ccco2)c1. The monoisotopic (exact) mass is 397 g/mol. The summed E-state index contributed by atoms with van der Waals surface area (Å²) in [6.45, 7) is 3.55. The standard InChI is InChI=1S/C20H19N3O4S/c1-14-8-10-18(11-9-14)28(25,26)23-22-15(2)16-5-3-6-17(13-16)21-20(24)19-7-4-12-27-19/h3-13,23H,1-2H3,(H,21,24). The number of sulfonamides is 1. The molecule has 144 valence electrons. The lowest BCUT2D eigenvalue weighted by molar-refractivity contribution is 0.0996. The average Bonchev–Trinajstić information content (AvgIpc) is 3.22. The van der Waals surface area contributed by atoms with Crippen molar-refractivity contribution in [2.45, 2.75) is 18.7 Å². The van der Waals surface area contributed by atoms with Crippen LogP contribution in [0.3, 0.4) is 0 Å². The number of nitrogens with zero attached hydrogens (tertiary/aromatic N) is 1. The van der Waals surface area contributed by atoms with Gasteiger partial charge in [0.25, 0.3) is 15.9 Å². The van der Waals surface area contributed by atoms with Crippen LogP contribution in [0.5, 0.6) is 0 Å². The van der Waals surface area contributed by atoms with E-state index in [4.69, 9.17) is 4.42 Å². The fourth-order valence-corrected chi connectivity index (χ4v) is 3.24. The van der Waals surface area contributed by atoms with E-state index in [1.165, 1.54) is 18.4 Å². The van der Waals surface area contributed by atoms with Crippen LogP contribution >= 0.6 is 0 Å². The molecule has 0 bridgehead atoms. The maximum absolute atomic E-state index is 12.3. The number of furan rings is 1. The molecule has 1 amide bonds. The topological polar surface area (TPSA) is 101 Å². The number of rotatable bonds is 6. The molecule has 28 heavy (non-hydrogen) atoms. The van der Waals surface area contributed by atoms with Crippen LogP contribution in [0.1, 0.15) is 28.6 Å². The predicted molar refractivity (Wildman–Crippen MR) is 107 cm³/mol. The highest BCUT2D eigenvalue weighted by Gasteiger charge is 2.13. The molecule has 0 aliphatic carbocycles. The quantitative estimate of drug-likeness (QED) is 0.491. The van der Waals surface area contributed by atoms with Gasteiger partial charge < -0.3 is 9.73 Å². The van der Waals surface area contributed by atoms with Crippen molar-refractivity contribution in [2.24, 2.45) is 5.10 Å². The minimum Gasteiger partial charge on any atom is -0.459 e. The average molecular weight is 397 g/mol. The van der Waals surface area contributed by atoms with Gasteiger partial charge in [0.15, 0.2) is 5.76 Å². The number of carbonyl (C=O) groups excluding carboxylic acids is 1. The Morgan fingerprint density at radius 1 is 1.04 bits per heavy atom. The summed E-state index contributed by atoms with van der Waals surface area (Å²) in [6.07, 6.45) is 1.42. The Balaban J connectivity index is 1.74. The van der Waals surface area contributed by atoms with Gasteiger partial charge in [0, 0.05) is 5.69 Å². The van der Waals surface area contributed by atoms with E-state index in [9.17, 15) is 13.2 Å². The van der Waals surface area contributed by atoms with Gasteiger partial charge in [-0.05, 0) is 55.8 Å². The second kappa shape index (κ2) is 8.10. The molecule has 0 unspecified atom stereocenters. The largest absolute Gasteiger partial charge is 0.459 e. The first-order valence-corrected chi connectivity index (χ1v) is 9.91. The first-order valence-electron chi connectivity index (χ1n) is 8.43. The summed E-state index contributed by atoms with van der Waals surface area (Å²) in [7, 11) is -3.76. The van der Waals surface area contributed by atoms with E-state index in [0.717, 1.165) is 5.56 Å². The van der Waals surface area contributed by atoms with E-state index in [1.54, 1.807) is 55.5 Å². The number of anilines is 1. The van der Waals surface area contributed by atoms with Crippen molar-refractivity contribution in [3.63, 3.8) is 0 Å². The van der Waals surface area contributed by atoms with Crippen molar-refractivity contribution in [3.8, 4) is 0 Å². The van der Waals surface area contributed by atoms with E-state index < -0.39 is 10.0 Å². The Morgan fingerprint density at radius 2 is 1.79 bits per heavy atom. The number of nitrogens with one attached hydrogen (secondary N) is 2. The van der Waals surface area contributed by atoms with Crippen molar-refractivity contribution < 1.29 is 17.6 Å². The van der Waals surface area contributed by atoms with E-state index in [2.05, 4.69) is 15.2 Å². The van der Waals surface area contributed by atoms with E-state index in [0.29, 0.717) is 17.0 Å². The minimum absolute atomic E-state index is 0.133. The number of hydrogen-bond acceptors (Lipinski definition) is 5. The molecular formula is C20H19N3O4S. The van der Waals surface area contributed by atoms with Gasteiger partial charge in [0.05, 0.1) is 16.9 Å². The summed E-state index contributed by atoms with van der Waals surface area (Å²) in [6, 6.07) is 16.6. The van der Waals surface area contributed by atoms with Crippen LogP contribution in [0.15, 0.2) is 81.3 Å². The summed E-state index contributed by atoms with van der Waals surface area (Å²) in [5.41, 5.74) is 2.61. The third-order valence-corrected chi connectivity index (χ3v) is 5.17. The second-order valence-corrected chi connectivity index (χ2v) is 7.78. The van der Waals surface area contributed by atoms with Crippen LogP contribution in [-0.2, 0) is 10.0 Å². The van der Waals surface area contributed by atoms with Crippen molar-refractivity contribution >= 4 is 27.3 Å². The van der Waals surface area contributed by atoms with Gasteiger partial charge in [-0.3, -0.25) is 4.79 Å². The Bertz CT molecular complexity index is 1100. The van der Waals surface area contributed by atoms with Gasteiger partial charge in [-0.15, -0.1) is 0 Å². The zero-order valence-corrected chi connectivity index (χ0v) is 16.2. The molecule has 0 saturated heterocycles. The van der Waals surface area contributed by atoms with Crippen LogP contribution in [0.25, 0.3) is 0 Å². The highest BCUT2D eigenvalue weighted by molar-refractivity contribution is 7.89. The Hall–Kier alpha value is -3.39. The molecule has 2 aromatic carbocycles. The van der Waals surface area contributed by atoms with Gasteiger partial charge in [0.2, 0.25) is 0 Å². The maximum Gasteiger partial charge on any atom is 0.291 e. The molecule has 0 fully saturated rings. The van der Waals surface area contributed by atoms with E-state index in [-0.39, 0.29) is 16.6 Å². The molecule has 0 spiro atoms. The van der Waals surface area contributed by atoms with Crippen LogP contribution in [0, 0.1) is 6.92 Å². The molecular weight excluding hydrogens is 378 g/mol. The number of amides is 1. The van der Waals surface area contributed by atoms with Gasteiger partial charge >= 0.3 is 0 Å². The fourth-order valence-electron chi connectivity index (χ4n) is 2.39. The van der Waals surface area contributed by atoms with Crippen molar-refractivity contribution in [2.75, 3.05) is 5.32 Å². The Morgan fingerprint density at radius 3 is 2.46 bits per heavy atom. The van der Waals surface area contributed by atoms with Gasteiger partial charge in [-0.2, -0.15) is 18.4 Å². The van der Waals surface area contributed by atoms with Crippen LogP contribution in [-0.4, -0.2) is 20.0 Å². The first kappa shape index (κ1) is 19.4. The zero-order valence-electron chi connectivity index (χ0n) is 15.3. The Labute approximate surface area is 163 Å². The normalized spacial score (nSPS) is 11.9. The molecule has 0 radical (unpaired) electrons. The summed E-state index contributed by atoms with van der Waals surface area (Å²) in [5.74, 6) is -0.182. The number of benzene rings is 2. The van der Waals surface area contributed by atoms with Crippen molar-refractivity contribution in [3.05, 3.63) is 83.8 Å². The Kier molecular flexibility index (Phi) is 5.60. The molecule has 3 aromatic rings. The highest BCUT2D eigenvalue weighted by atomic mass is 32.2. The lowest BCUT2D eigenvalue weighted by Gasteiger charge is -2.08. The molecule has 1 heterocycles. The van der Waals surface area contributed by atoms with Crippen LogP contribution in [0.4, 0.5) is 5.69 Å². The second-order valence-electron chi connectivity index (χ2n) is 6.12. The number of hydrazone groups is 1. The summed E-state index contributed by atoms with van der Waals surface area (Å²) in [4.78, 5) is 14.4. The maximum atomic E-state index is 12.3. The molecule has 3 rings (SSSR count). The van der Waals surface area contributed by atoms with Gasteiger partial charge in [-0.1, -0.05) is 29.8 Å². The lowest BCUT2D eigenvalue weighted by atomic mass is 10.1. The molecule has 0 aliphatic heterocycles. The summed E-state index contributed by atoms with van der Waals surface area (Å²) >= 11 is 0. The first-order chi connectivity index (χ1) is 13.3. The van der Waals surface area contributed by atoms with Gasteiger partial charge in [0.1, 0.15) is 0 Å². The van der Waals surface area contributed by atoms with E-state index >= 15 is 0 Å². The third kappa shape index (κ3) is 4.66. The number of carbonyl (C=O) groups is 1. The number of hydrogen-bond donors (Lipinski definition) is 2. The zero-order chi connectivity index (χ0) is 20.1. The molecule has 7 nitrogen and oxygen atoms in total. The molecule has 0 atom stereocenters.